The summed E-state index contributed by atoms with van der Waals surface area (Å²) in [5.74, 6) is 0.679. The number of amides is 1. The van der Waals surface area contributed by atoms with E-state index in [4.69, 9.17) is 10.00 Å². The molecule has 9 heteroatoms. The number of aromatic nitrogens is 4. The first-order valence-corrected chi connectivity index (χ1v) is 8.07. The fourth-order valence-corrected chi connectivity index (χ4v) is 2.26. The molecule has 8 nitrogen and oxygen atoms in total. The van der Waals surface area contributed by atoms with Gasteiger partial charge in [0.05, 0.1) is 6.07 Å². The molecule has 0 spiro atoms. The van der Waals surface area contributed by atoms with Crippen LogP contribution in [0.25, 0.3) is 0 Å². The summed E-state index contributed by atoms with van der Waals surface area (Å²) in [6.07, 6.45) is 3.27. The molecule has 2 aromatic heterocycles. The van der Waals surface area contributed by atoms with Gasteiger partial charge in [0.1, 0.15) is 12.3 Å². The van der Waals surface area contributed by atoms with Gasteiger partial charge in [-0.05, 0) is 30.3 Å². The molecule has 0 radical (unpaired) electrons. The van der Waals surface area contributed by atoms with E-state index in [1.165, 1.54) is 9.36 Å². The third-order valence-electron chi connectivity index (χ3n) is 3.17. The Hall–Kier alpha value is -3.12. The molecule has 126 valence electrons. The third kappa shape index (κ3) is 4.45. The first-order chi connectivity index (χ1) is 12.1. The Balaban J connectivity index is 1.57. The van der Waals surface area contributed by atoms with Crippen molar-refractivity contribution in [3.8, 4) is 11.8 Å². The second-order valence-corrected chi connectivity index (χ2v) is 5.89. The van der Waals surface area contributed by atoms with Crippen LogP contribution in [0.1, 0.15) is 10.5 Å². The van der Waals surface area contributed by atoms with Crippen molar-refractivity contribution in [3.63, 3.8) is 0 Å². The minimum absolute atomic E-state index is 0.123. The lowest BCUT2D eigenvalue weighted by molar-refractivity contribution is 0.101. The molecular formula is C16H13BrN6O2. The first-order valence-electron chi connectivity index (χ1n) is 7.27. The lowest BCUT2D eigenvalue weighted by atomic mass is 10.3. The normalized spacial score (nSPS) is 10.2. The zero-order valence-electron chi connectivity index (χ0n) is 13.0. The van der Waals surface area contributed by atoms with Gasteiger partial charge in [-0.15, -0.1) is 0 Å². The van der Waals surface area contributed by atoms with Crippen molar-refractivity contribution < 1.29 is 9.53 Å². The monoisotopic (exact) mass is 400 g/mol. The second-order valence-electron chi connectivity index (χ2n) is 4.98. The lowest BCUT2D eigenvalue weighted by Gasteiger charge is -2.06. The van der Waals surface area contributed by atoms with Crippen molar-refractivity contribution >= 4 is 27.7 Å². The Morgan fingerprint density at radius 2 is 1.92 bits per heavy atom. The largest absolute Gasteiger partial charge is 0.471 e. The maximum Gasteiger partial charge on any atom is 0.277 e. The Morgan fingerprint density at radius 1 is 1.16 bits per heavy atom. The molecule has 25 heavy (non-hydrogen) atoms. The molecule has 1 aromatic carbocycles. The van der Waals surface area contributed by atoms with Crippen molar-refractivity contribution in [2.75, 3.05) is 5.32 Å². The Labute approximate surface area is 151 Å². The van der Waals surface area contributed by atoms with Gasteiger partial charge in [0.25, 0.3) is 5.91 Å². The quantitative estimate of drug-likeness (QED) is 0.685. The van der Waals surface area contributed by atoms with Crippen LogP contribution in [0.15, 0.2) is 53.3 Å². The zero-order chi connectivity index (χ0) is 17.6. The molecule has 0 atom stereocenters. The van der Waals surface area contributed by atoms with E-state index in [2.05, 4.69) is 31.4 Å². The number of nitriles is 1. The molecule has 0 fully saturated rings. The van der Waals surface area contributed by atoms with E-state index in [9.17, 15) is 4.79 Å². The number of hydrogen-bond donors (Lipinski definition) is 1. The highest BCUT2D eigenvalue weighted by Crippen LogP contribution is 2.16. The van der Waals surface area contributed by atoms with Gasteiger partial charge in [-0.25, -0.2) is 4.68 Å². The van der Waals surface area contributed by atoms with Crippen LogP contribution in [0.2, 0.25) is 0 Å². The number of benzene rings is 1. The average Bonchev–Trinajstić information content (AvgIpc) is 3.24. The van der Waals surface area contributed by atoms with Gasteiger partial charge in [-0.2, -0.15) is 15.5 Å². The molecule has 2 heterocycles. The van der Waals surface area contributed by atoms with E-state index in [-0.39, 0.29) is 24.9 Å². The summed E-state index contributed by atoms with van der Waals surface area (Å²) in [5.41, 5.74) is 0.245. The minimum atomic E-state index is -0.385. The van der Waals surface area contributed by atoms with Crippen molar-refractivity contribution in [2.24, 2.45) is 0 Å². The summed E-state index contributed by atoms with van der Waals surface area (Å²) in [6, 6.07) is 12.6. The molecule has 0 aliphatic heterocycles. The topological polar surface area (TPSA) is 97.8 Å². The summed E-state index contributed by atoms with van der Waals surface area (Å²) in [4.78, 5) is 12.2. The molecule has 0 aliphatic rings. The maximum absolute atomic E-state index is 12.2. The van der Waals surface area contributed by atoms with Crippen molar-refractivity contribution in [2.45, 2.75) is 13.3 Å². The van der Waals surface area contributed by atoms with Gasteiger partial charge < -0.3 is 10.1 Å². The molecule has 0 saturated carbocycles. The minimum Gasteiger partial charge on any atom is -0.471 e. The number of anilines is 1. The summed E-state index contributed by atoms with van der Waals surface area (Å²) in [6.45, 7) is 0.309. The van der Waals surface area contributed by atoms with E-state index in [1.807, 2.05) is 30.3 Å². The first kappa shape index (κ1) is 16.7. The molecular weight excluding hydrogens is 388 g/mol. The molecule has 0 unspecified atom stereocenters. The highest BCUT2D eigenvalue weighted by molar-refractivity contribution is 9.10. The van der Waals surface area contributed by atoms with Crippen LogP contribution in [-0.2, 0) is 13.3 Å². The molecule has 0 bridgehead atoms. The number of carbonyl (C=O) groups is 1. The van der Waals surface area contributed by atoms with Crippen LogP contribution < -0.4 is 10.1 Å². The summed E-state index contributed by atoms with van der Waals surface area (Å²) in [7, 11) is 0. The predicted octanol–water partition coefficient (Wildman–Crippen LogP) is 2.65. The second kappa shape index (κ2) is 7.63. The summed E-state index contributed by atoms with van der Waals surface area (Å²) < 4.78 is 9.51. The zero-order valence-corrected chi connectivity index (χ0v) is 14.5. The Kier molecular flexibility index (Phi) is 5.11. The fraction of sp³-hybridized carbons (Fsp3) is 0.125. The van der Waals surface area contributed by atoms with Crippen LogP contribution in [0.4, 0.5) is 5.82 Å². The number of nitrogens with zero attached hydrogens (tertiary/aromatic N) is 5. The summed E-state index contributed by atoms with van der Waals surface area (Å²) in [5, 5.41) is 19.5. The molecule has 1 amide bonds. The standard InChI is InChI=1S/C16H13BrN6O2/c17-12-1-3-13(4-2-12)25-11-23-8-5-14(20-23)16(24)19-15-6-9-22(21-15)10-7-18/h1-6,8-9H,10-11H2,(H,19,21,24). The number of rotatable bonds is 6. The van der Waals surface area contributed by atoms with Crippen LogP contribution >= 0.6 is 15.9 Å². The summed E-state index contributed by atoms with van der Waals surface area (Å²) >= 11 is 3.36. The van der Waals surface area contributed by atoms with Gasteiger partial charge in [0, 0.05) is 22.9 Å². The smallest absolute Gasteiger partial charge is 0.277 e. The van der Waals surface area contributed by atoms with Crippen LogP contribution in [0.3, 0.4) is 0 Å². The highest BCUT2D eigenvalue weighted by atomic mass is 79.9. The van der Waals surface area contributed by atoms with Gasteiger partial charge in [0.15, 0.2) is 18.2 Å². The Morgan fingerprint density at radius 3 is 2.68 bits per heavy atom. The molecule has 3 rings (SSSR count). The van der Waals surface area contributed by atoms with Crippen LogP contribution in [0, 0.1) is 11.3 Å². The molecule has 1 N–H and O–H groups in total. The van der Waals surface area contributed by atoms with Crippen molar-refractivity contribution in [1.82, 2.24) is 19.6 Å². The van der Waals surface area contributed by atoms with Gasteiger partial charge >= 0.3 is 0 Å². The average molecular weight is 401 g/mol. The molecule has 3 aromatic rings. The van der Waals surface area contributed by atoms with Crippen molar-refractivity contribution in [1.29, 1.82) is 5.26 Å². The number of ether oxygens (including phenoxy) is 1. The highest BCUT2D eigenvalue weighted by Gasteiger charge is 2.11. The van der Waals surface area contributed by atoms with Crippen molar-refractivity contribution in [3.05, 3.63) is 59.0 Å². The van der Waals surface area contributed by atoms with E-state index in [1.54, 1.807) is 24.5 Å². The Bertz CT molecular complexity index is 909. The van der Waals surface area contributed by atoms with Gasteiger partial charge in [-0.3, -0.25) is 9.48 Å². The van der Waals surface area contributed by atoms with Gasteiger partial charge in [-0.1, -0.05) is 15.9 Å². The van der Waals surface area contributed by atoms with E-state index >= 15 is 0 Å². The number of carbonyl (C=O) groups excluding carboxylic acids is 1. The van der Waals surface area contributed by atoms with Gasteiger partial charge in [0.2, 0.25) is 0 Å². The number of nitrogens with one attached hydrogen (secondary N) is 1. The maximum atomic E-state index is 12.2. The van der Waals surface area contributed by atoms with E-state index < -0.39 is 0 Å². The molecule has 0 saturated heterocycles. The third-order valence-corrected chi connectivity index (χ3v) is 3.69. The fourth-order valence-electron chi connectivity index (χ4n) is 2.00. The SMILES string of the molecule is N#CCn1ccc(NC(=O)c2ccn(COc3ccc(Br)cc3)n2)n1. The number of hydrogen-bond acceptors (Lipinski definition) is 5. The predicted molar refractivity (Wildman–Crippen MR) is 92.8 cm³/mol. The molecule has 0 aliphatic carbocycles. The number of halogens is 1. The lowest BCUT2D eigenvalue weighted by Crippen LogP contribution is -2.15. The van der Waals surface area contributed by atoms with E-state index in [0.717, 1.165) is 4.47 Å². The van der Waals surface area contributed by atoms with E-state index in [0.29, 0.717) is 11.6 Å². The van der Waals surface area contributed by atoms with Crippen LogP contribution in [0.5, 0.6) is 5.75 Å². The van der Waals surface area contributed by atoms with Crippen LogP contribution in [-0.4, -0.2) is 25.5 Å².